The Morgan fingerprint density at radius 1 is 0.977 bits per heavy atom. The van der Waals surface area contributed by atoms with Crippen LogP contribution < -0.4 is 15.8 Å². The Labute approximate surface area is 244 Å². The van der Waals surface area contributed by atoms with Crippen molar-refractivity contribution in [1.29, 1.82) is 0 Å². The number of benzene rings is 4. The summed E-state index contributed by atoms with van der Waals surface area (Å²) in [6.45, 7) is 0. The number of hydrogen-bond donors (Lipinski definition) is 5. The molecule has 0 saturated carbocycles. The van der Waals surface area contributed by atoms with Crippen molar-refractivity contribution in [2.45, 2.75) is 11.1 Å². The zero-order valence-corrected chi connectivity index (χ0v) is 23.2. The molecule has 0 bridgehead atoms. The molecular formula is C30H24F3N5O4S. The van der Waals surface area contributed by atoms with Crippen LogP contribution in [0, 0.1) is 0 Å². The summed E-state index contributed by atoms with van der Waals surface area (Å²) in [5, 5.41) is 14.4. The first-order valence-corrected chi connectivity index (χ1v) is 14.1. The van der Waals surface area contributed by atoms with Gasteiger partial charge in [0.25, 0.3) is 0 Å². The van der Waals surface area contributed by atoms with E-state index in [9.17, 15) is 31.5 Å². The molecular weight excluding hydrogens is 583 g/mol. The summed E-state index contributed by atoms with van der Waals surface area (Å²) in [4.78, 5) is 19.3. The molecule has 0 unspecified atom stereocenters. The molecule has 5 aromatic rings. The third-order valence-corrected chi connectivity index (χ3v) is 8.08. The van der Waals surface area contributed by atoms with E-state index in [1.54, 1.807) is 54.6 Å². The summed E-state index contributed by atoms with van der Waals surface area (Å²) in [6.07, 6.45) is -3.15. The van der Waals surface area contributed by atoms with Crippen LogP contribution in [0.1, 0.15) is 21.5 Å². The lowest BCUT2D eigenvalue weighted by atomic mass is 9.96. The van der Waals surface area contributed by atoms with E-state index in [2.05, 4.69) is 20.0 Å². The maximum atomic E-state index is 13.2. The normalized spacial score (nSPS) is 12.2. The standard InChI is InChI=1S/C30H24F3N5O4S/c1-35-43(41,42)22-9-6-19(7-10-22)36-16-26-24-12-8-21(15-27(24)38-29(26)40)37-20-4-2-3-17(13-20)23-11-5-18(30(31,32)33)14-25(23)28(34)39/h2-16,35,37-38,40H,1H3,(H2,34,39). The molecule has 1 heterocycles. The van der Waals surface area contributed by atoms with Crippen LogP contribution in [0.4, 0.5) is 30.2 Å². The fourth-order valence-corrected chi connectivity index (χ4v) is 5.22. The Morgan fingerprint density at radius 3 is 2.37 bits per heavy atom. The van der Waals surface area contributed by atoms with E-state index in [1.165, 1.54) is 31.5 Å². The van der Waals surface area contributed by atoms with Crippen molar-refractivity contribution < 1.29 is 31.5 Å². The number of alkyl halides is 3. The second-order valence-electron chi connectivity index (χ2n) is 9.44. The quantitative estimate of drug-likeness (QED) is 0.136. The summed E-state index contributed by atoms with van der Waals surface area (Å²) in [5.41, 5.74) is 7.66. The third kappa shape index (κ3) is 6.22. The molecule has 13 heteroatoms. The number of aromatic nitrogens is 1. The predicted octanol–water partition coefficient (Wildman–Crippen LogP) is 6.06. The minimum atomic E-state index is -4.62. The lowest BCUT2D eigenvalue weighted by Crippen LogP contribution is -2.18. The van der Waals surface area contributed by atoms with Crippen molar-refractivity contribution in [2.24, 2.45) is 10.7 Å². The maximum absolute atomic E-state index is 13.2. The van der Waals surface area contributed by atoms with E-state index in [4.69, 9.17) is 5.73 Å². The first-order valence-electron chi connectivity index (χ1n) is 12.7. The smallest absolute Gasteiger partial charge is 0.416 e. The molecule has 9 nitrogen and oxygen atoms in total. The van der Waals surface area contributed by atoms with Gasteiger partial charge in [-0.25, -0.2) is 13.1 Å². The van der Waals surface area contributed by atoms with Crippen molar-refractivity contribution >= 4 is 50.1 Å². The van der Waals surface area contributed by atoms with Gasteiger partial charge in [-0.15, -0.1) is 0 Å². The molecule has 0 aliphatic carbocycles. The molecule has 0 radical (unpaired) electrons. The number of amides is 1. The molecule has 0 aliphatic heterocycles. The van der Waals surface area contributed by atoms with Gasteiger partial charge in [-0.3, -0.25) is 9.79 Å². The average molecular weight is 608 g/mol. The van der Waals surface area contributed by atoms with Crippen molar-refractivity contribution in [3.63, 3.8) is 0 Å². The van der Waals surface area contributed by atoms with Crippen LogP contribution in [0.5, 0.6) is 5.88 Å². The molecule has 0 fully saturated rings. The molecule has 0 spiro atoms. The summed E-state index contributed by atoms with van der Waals surface area (Å²) >= 11 is 0. The van der Waals surface area contributed by atoms with Gasteiger partial charge >= 0.3 is 6.18 Å². The number of carbonyl (C=O) groups excluding carboxylic acids is 1. The van der Waals surface area contributed by atoms with Crippen molar-refractivity contribution in [2.75, 3.05) is 12.4 Å². The summed E-state index contributed by atoms with van der Waals surface area (Å²) in [7, 11) is -2.25. The van der Waals surface area contributed by atoms with Crippen LogP contribution in [0.2, 0.25) is 0 Å². The summed E-state index contributed by atoms with van der Waals surface area (Å²) in [5.74, 6) is -1.09. The Kier molecular flexibility index (Phi) is 7.69. The van der Waals surface area contributed by atoms with Crippen LogP contribution in [-0.2, 0) is 16.2 Å². The molecule has 220 valence electrons. The molecule has 4 aromatic carbocycles. The SMILES string of the molecule is CNS(=O)(=O)c1ccc(N=Cc2c(O)[nH]c3cc(Nc4cccc(-c5ccc(C(F)(F)F)cc5C(N)=O)c4)ccc23)cc1. The van der Waals surface area contributed by atoms with Gasteiger partial charge in [0, 0.05) is 28.5 Å². The number of aliphatic imine (C=N–C) groups is 1. The zero-order chi connectivity index (χ0) is 30.9. The molecule has 0 saturated heterocycles. The van der Waals surface area contributed by atoms with Gasteiger partial charge in [0.1, 0.15) is 0 Å². The lowest BCUT2D eigenvalue weighted by Gasteiger charge is -2.13. The van der Waals surface area contributed by atoms with Crippen molar-refractivity contribution in [3.05, 3.63) is 102 Å². The topological polar surface area (TPSA) is 150 Å². The average Bonchev–Trinajstić information content (AvgIpc) is 3.29. The van der Waals surface area contributed by atoms with Gasteiger partial charge in [0.15, 0.2) is 5.88 Å². The van der Waals surface area contributed by atoms with Crippen LogP contribution in [0.15, 0.2) is 94.8 Å². The second kappa shape index (κ2) is 11.3. The van der Waals surface area contributed by atoms with Gasteiger partial charge < -0.3 is 21.1 Å². The second-order valence-corrected chi connectivity index (χ2v) is 11.3. The number of nitrogens with two attached hydrogens (primary N) is 1. The first kappa shape index (κ1) is 29.4. The molecule has 0 atom stereocenters. The molecule has 0 aliphatic rings. The third-order valence-electron chi connectivity index (χ3n) is 6.65. The number of aromatic amines is 1. The Hall–Kier alpha value is -5.14. The van der Waals surface area contributed by atoms with E-state index >= 15 is 0 Å². The minimum Gasteiger partial charge on any atom is -0.494 e. The lowest BCUT2D eigenvalue weighted by molar-refractivity contribution is -0.137. The number of nitrogens with one attached hydrogen (secondary N) is 3. The van der Waals surface area contributed by atoms with Gasteiger partial charge in [0.2, 0.25) is 15.9 Å². The molecule has 6 N–H and O–H groups in total. The van der Waals surface area contributed by atoms with Crippen molar-refractivity contribution in [3.8, 4) is 17.0 Å². The van der Waals surface area contributed by atoms with Gasteiger partial charge in [-0.2, -0.15) is 13.2 Å². The van der Waals surface area contributed by atoms with Crippen LogP contribution in [-0.4, -0.2) is 37.7 Å². The predicted molar refractivity (Wildman–Crippen MR) is 159 cm³/mol. The highest BCUT2D eigenvalue weighted by Crippen LogP contribution is 2.35. The van der Waals surface area contributed by atoms with Crippen LogP contribution in [0.25, 0.3) is 22.0 Å². The highest BCUT2D eigenvalue weighted by molar-refractivity contribution is 7.89. The minimum absolute atomic E-state index is 0.0992. The monoisotopic (exact) mass is 607 g/mol. The van der Waals surface area contributed by atoms with Gasteiger partial charge in [0.05, 0.1) is 27.2 Å². The first-order chi connectivity index (χ1) is 20.4. The number of primary amides is 1. The highest BCUT2D eigenvalue weighted by atomic mass is 32.2. The number of aromatic hydroxyl groups is 1. The zero-order valence-electron chi connectivity index (χ0n) is 22.4. The molecule has 43 heavy (non-hydrogen) atoms. The number of H-pyrrole nitrogens is 1. The van der Waals surface area contributed by atoms with Gasteiger partial charge in [-0.1, -0.05) is 18.2 Å². The van der Waals surface area contributed by atoms with E-state index in [1.807, 2.05) is 0 Å². The summed E-state index contributed by atoms with van der Waals surface area (Å²) < 4.78 is 65.6. The fourth-order valence-electron chi connectivity index (χ4n) is 4.49. The number of nitrogens with zero attached hydrogens (tertiary/aromatic N) is 1. The number of anilines is 2. The Morgan fingerprint density at radius 2 is 1.70 bits per heavy atom. The maximum Gasteiger partial charge on any atom is 0.416 e. The Bertz CT molecular complexity index is 1990. The molecule has 5 rings (SSSR count). The molecule has 1 aromatic heterocycles. The van der Waals surface area contributed by atoms with Crippen LogP contribution >= 0.6 is 0 Å². The van der Waals surface area contributed by atoms with E-state index < -0.39 is 27.7 Å². The molecule has 1 amide bonds. The number of halogens is 3. The van der Waals surface area contributed by atoms with E-state index in [-0.39, 0.29) is 21.9 Å². The van der Waals surface area contributed by atoms with E-state index in [0.717, 1.165) is 12.1 Å². The largest absolute Gasteiger partial charge is 0.494 e. The fraction of sp³-hybridized carbons (Fsp3) is 0.0667. The highest BCUT2D eigenvalue weighted by Gasteiger charge is 2.31. The van der Waals surface area contributed by atoms with E-state index in [0.29, 0.717) is 39.1 Å². The van der Waals surface area contributed by atoms with Crippen molar-refractivity contribution in [1.82, 2.24) is 9.71 Å². The summed E-state index contributed by atoms with van der Waals surface area (Å²) in [6, 6.07) is 20.9. The number of hydrogen-bond acceptors (Lipinski definition) is 6. The Balaban J connectivity index is 1.39. The number of fused-ring (bicyclic) bond motifs is 1. The number of rotatable bonds is 8. The van der Waals surface area contributed by atoms with Crippen LogP contribution in [0.3, 0.4) is 0 Å². The van der Waals surface area contributed by atoms with Gasteiger partial charge in [-0.05, 0) is 84.9 Å². The number of carbonyl (C=O) groups is 1. The number of sulfonamides is 1.